The molecule has 0 aliphatic carbocycles. The van der Waals surface area contributed by atoms with E-state index in [1.807, 2.05) is 0 Å². The van der Waals surface area contributed by atoms with Crippen LogP contribution >= 0.6 is 0 Å². The van der Waals surface area contributed by atoms with E-state index in [4.69, 9.17) is 4.74 Å². The van der Waals surface area contributed by atoms with E-state index < -0.39 is 22.8 Å². The highest BCUT2D eigenvalue weighted by atomic mass is 16.6. The maximum Gasteiger partial charge on any atom is 0.271 e. The van der Waals surface area contributed by atoms with Crippen molar-refractivity contribution in [2.75, 3.05) is 17.7 Å². The quantitative estimate of drug-likeness (QED) is 0.471. The molecule has 4 rings (SSSR count). The molecule has 0 saturated heterocycles. The topological polar surface area (TPSA) is 141 Å². The fourth-order valence-corrected chi connectivity index (χ4v) is 3.06. The van der Waals surface area contributed by atoms with E-state index in [1.165, 1.54) is 28.9 Å². The summed E-state index contributed by atoms with van der Waals surface area (Å²) in [6, 6.07) is 11.8. The van der Waals surface area contributed by atoms with Crippen LogP contribution in [-0.4, -0.2) is 38.6 Å². The number of nitro groups is 1. The fourth-order valence-electron chi connectivity index (χ4n) is 3.06. The molecule has 2 aromatic carbocycles. The number of nitrogens with one attached hydrogen (secondary N) is 2. The Kier molecular flexibility index (Phi) is 4.84. The smallest absolute Gasteiger partial charge is 0.271 e. The number of methoxy groups -OCH3 is 1. The molecule has 1 aliphatic rings. The molecule has 2 N–H and O–H groups in total. The van der Waals surface area contributed by atoms with Gasteiger partial charge in [-0.1, -0.05) is 6.07 Å². The first-order valence-electron chi connectivity index (χ1n) is 8.91. The van der Waals surface area contributed by atoms with Gasteiger partial charge < -0.3 is 10.1 Å². The number of amides is 2. The highest BCUT2D eigenvalue weighted by Crippen LogP contribution is 2.29. The SMILES string of the molecule is COc1ccc(-c2nc3n(n2)[C@@H](CC(=O)Nc2cccc([N+](=O)[O-])c2)C(=O)N3)cc1. The Morgan fingerprint density at radius 2 is 2.07 bits per heavy atom. The first-order chi connectivity index (χ1) is 14.4. The lowest BCUT2D eigenvalue weighted by atomic mass is 10.2. The molecule has 152 valence electrons. The van der Waals surface area contributed by atoms with Crippen LogP contribution in [0.25, 0.3) is 11.4 Å². The van der Waals surface area contributed by atoms with E-state index in [9.17, 15) is 19.7 Å². The number of aromatic nitrogens is 3. The molecule has 1 aromatic heterocycles. The average molecular weight is 408 g/mol. The minimum absolute atomic E-state index is 0.144. The van der Waals surface area contributed by atoms with Gasteiger partial charge in [0.05, 0.1) is 18.5 Å². The lowest BCUT2D eigenvalue weighted by molar-refractivity contribution is -0.384. The second-order valence-electron chi connectivity index (χ2n) is 6.50. The molecule has 0 bridgehead atoms. The lowest BCUT2D eigenvalue weighted by Crippen LogP contribution is -2.23. The molecule has 0 unspecified atom stereocenters. The number of non-ortho nitro benzene ring substituents is 1. The van der Waals surface area contributed by atoms with Gasteiger partial charge in [-0.2, -0.15) is 4.98 Å². The third kappa shape index (κ3) is 3.68. The Morgan fingerprint density at radius 1 is 1.30 bits per heavy atom. The summed E-state index contributed by atoms with van der Waals surface area (Å²) in [7, 11) is 1.57. The minimum atomic E-state index is -0.877. The number of benzene rings is 2. The van der Waals surface area contributed by atoms with Crippen LogP contribution in [0, 0.1) is 10.1 Å². The van der Waals surface area contributed by atoms with Gasteiger partial charge in [-0.25, -0.2) is 4.68 Å². The lowest BCUT2D eigenvalue weighted by Gasteiger charge is -2.10. The van der Waals surface area contributed by atoms with Gasteiger partial charge in [-0.05, 0) is 30.3 Å². The summed E-state index contributed by atoms with van der Waals surface area (Å²) in [4.78, 5) is 39.3. The summed E-state index contributed by atoms with van der Waals surface area (Å²) in [5, 5.41) is 20.4. The number of ether oxygens (including phenoxy) is 1. The van der Waals surface area contributed by atoms with E-state index in [0.29, 0.717) is 11.6 Å². The Morgan fingerprint density at radius 3 is 2.77 bits per heavy atom. The number of nitrogens with zero attached hydrogens (tertiary/aromatic N) is 4. The number of carbonyl (C=O) groups excluding carboxylic acids is 2. The predicted molar refractivity (Wildman–Crippen MR) is 106 cm³/mol. The third-order valence-corrected chi connectivity index (χ3v) is 4.53. The summed E-state index contributed by atoms with van der Waals surface area (Å²) in [5.41, 5.74) is 0.853. The van der Waals surface area contributed by atoms with Gasteiger partial charge >= 0.3 is 0 Å². The summed E-state index contributed by atoms with van der Waals surface area (Å²) < 4.78 is 6.50. The Labute approximate surface area is 169 Å². The predicted octanol–water partition coefficient (Wildman–Crippen LogP) is 2.38. The van der Waals surface area contributed by atoms with Gasteiger partial charge in [-0.15, -0.1) is 5.10 Å². The Hall–Kier alpha value is -4.28. The number of hydrogen-bond acceptors (Lipinski definition) is 7. The fraction of sp³-hybridized carbons (Fsp3) is 0.158. The van der Waals surface area contributed by atoms with Crippen LogP contribution in [0.2, 0.25) is 0 Å². The Bertz CT molecular complexity index is 1140. The maximum absolute atomic E-state index is 12.4. The molecule has 0 radical (unpaired) electrons. The van der Waals surface area contributed by atoms with Crippen LogP contribution in [0.15, 0.2) is 48.5 Å². The molecule has 11 nitrogen and oxygen atoms in total. The molecule has 1 aliphatic heterocycles. The first kappa shape index (κ1) is 19.1. The molecule has 0 saturated carbocycles. The van der Waals surface area contributed by atoms with Crippen LogP contribution < -0.4 is 15.4 Å². The first-order valence-corrected chi connectivity index (χ1v) is 8.91. The number of fused-ring (bicyclic) bond motifs is 1. The van der Waals surface area contributed by atoms with E-state index in [-0.39, 0.29) is 23.7 Å². The number of nitro benzene ring substituents is 1. The summed E-state index contributed by atoms with van der Waals surface area (Å²) >= 11 is 0. The zero-order valence-corrected chi connectivity index (χ0v) is 15.7. The molecular weight excluding hydrogens is 392 g/mol. The molecule has 0 spiro atoms. The maximum atomic E-state index is 12.4. The zero-order valence-electron chi connectivity index (χ0n) is 15.7. The highest BCUT2D eigenvalue weighted by molar-refractivity contribution is 6.01. The molecule has 1 atom stereocenters. The van der Waals surface area contributed by atoms with Crippen LogP contribution in [-0.2, 0) is 9.59 Å². The monoisotopic (exact) mass is 408 g/mol. The van der Waals surface area contributed by atoms with Crippen molar-refractivity contribution in [3.8, 4) is 17.1 Å². The standard InChI is InChI=1S/C19H16N6O5/c1-30-14-7-5-11(6-8-14)17-21-19-22-18(27)15(24(19)23-17)10-16(26)20-12-3-2-4-13(9-12)25(28)29/h2-9,15H,10H2,1H3,(H,20,26)(H,21,22,23,27)/t15-/m0/s1. The summed E-state index contributed by atoms with van der Waals surface area (Å²) in [6.07, 6.45) is -0.201. The van der Waals surface area contributed by atoms with Crippen molar-refractivity contribution < 1.29 is 19.2 Å². The van der Waals surface area contributed by atoms with E-state index in [0.717, 1.165) is 5.56 Å². The zero-order chi connectivity index (χ0) is 21.3. The van der Waals surface area contributed by atoms with E-state index in [2.05, 4.69) is 20.7 Å². The van der Waals surface area contributed by atoms with Gasteiger partial charge in [0, 0.05) is 23.4 Å². The molecule has 2 amide bonds. The van der Waals surface area contributed by atoms with Crippen molar-refractivity contribution >= 4 is 29.1 Å². The van der Waals surface area contributed by atoms with E-state index in [1.54, 1.807) is 31.4 Å². The number of anilines is 2. The van der Waals surface area contributed by atoms with Crippen molar-refractivity contribution in [2.24, 2.45) is 0 Å². The van der Waals surface area contributed by atoms with Crippen molar-refractivity contribution in [3.05, 3.63) is 58.6 Å². The molecule has 0 fully saturated rings. The highest BCUT2D eigenvalue weighted by Gasteiger charge is 2.35. The van der Waals surface area contributed by atoms with Crippen molar-refractivity contribution in [3.63, 3.8) is 0 Å². The van der Waals surface area contributed by atoms with Crippen LogP contribution in [0.3, 0.4) is 0 Å². The van der Waals surface area contributed by atoms with Gasteiger partial charge in [0.15, 0.2) is 5.82 Å². The second-order valence-corrected chi connectivity index (χ2v) is 6.50. The van der Waals surface area contributed by atoms with Gasteiger partial charge in [0.1, 0.15) is 11.8 Å². The number of rotatable bonds is 6. The summed E-state index contributed by atoms with van der Waals surface area (Å²) in [5.74, 6) is 0.454. The van der Waals surface area contributed by atoms with Gasteiger partial charge in [-0.3, -0.25) is 25.0 Å². The third-order valence-electron chi connectivity index (χ3n) is 4.53. The largest absolute Gasteiger partial charge is 0.497 e. The van der Waals surface area contributed by atoms with E-state index >= 15 is 0 Å². The summed E-state index contributed by atoms with van der Waals surface area (Å²) in [6.45, 7) is 0. The second kappa shape index (κ2) is 7.62. The van der Waals surface area contributed by atoms with Crippen molar-refractivity contribution in [1.82, 2.24) is 14.8 Å². The van der Waals surface area contributed by atoms with Crippen LogP contribution in [0.5, 0.6) is 5.75 Å². The van der Waals surface area contributed by atoms with Crippen molar-refractivity contribution in [2.45, 2.75) is 12.5 Å². The number of carbonyl (C=O) groups is 2. The van der Waals surface area contributed by atoms with Crippen molar-refractivity contribution in [1.29, 1.82) is 0 Å². The Balaban J connectivity index is 1.50. The molecule has 2 heterocycles. The minimum Gasteiger partial charge on any atom is -0.497 e. The molecule has 3 aromatic rings. The van der Waals surface area contributed by atoms with Gasteiger partial charge in [0.25, 0.3) is 11.6 Å². The molecule has 30 heavy (non-hydrogen) atoms. The van der Waals surface area contributed by atoms with Crippen LogP contribution in [0.1, 0.15) is 12.5 Å². The number of hydrogen-bond donors (Lipinski definition) is 2. The van der Waals surface area contributed by atoms with Crippen LogP contribution in [0.4, 0.5) is 17.3 Å². The molecular formula is C19H16N6O5. The molecule has 11 heteroatoms. The average Bonchev–Trinajstić information content (AvgIpc) is 3.27. The van der Waals surface area contributed by atoms with Gasteiger partial charge in [0.2, 0.25) is 11.9 Å². The normalized spacial score (nSPS) is 14.7.